The SMILES string of the molecule is Cl.OCC1=CC=CC(CO)(CNCCCCCOCCc2ccccc2)C1. The Morgan fingerprint density at radius 1 is 1.04 bits per heavy atom. The van der Waals surface area contributed by atoms with Crippen LogP contribution in [0.5, 0.6) is 0 Å². The standard InChI is InChI=1S/C22H33NO3.ClH/c24-17-21-10-7-12-22(16-21,19-25)18-23-13-5-2-6-14-26-15-11-20-8-3-1-4-9-20;/h1,3-4,7-10,12,23-25H,2,5-6,11,13-19H2;1H. The normalized spacial score (nSPS) is 18.8. The zero-order chi connectivity index (χ0) is 18.5. The van der Waals surface area contributed by atoms with Crippen molar-refractivity contribution in [3.8, 4) is 0 Å². The van der Waals surface area contributed by atoms with Crippen molar-refractivity contribution in [3.05, 3.63) is 59.7 Å². The molecule has 0 radical (unpaired) electrons. The van der Waals surface area contributed by atoms with E-state index in [0.29, 0.717) is 0 Å². The molecule has 5 heteroatoms. The lowest BCUT2D eigenvalue weighted by atomic mass is 9.79. The highest BCUT2D eigenvalue weighted by molar-refractivity contribution is 5.85. The Labute approximate surface area is 169 Å². The molecule has 1 unspecified atom stereocenters. The summed E-state index contributed by atoms with van der Waals surface area (Å²) in [5.41, 5.74) is 2.04. The molecule has 1 aromatic rings. The number of allylic oxidation sites excluding steroid dienone is 2. The van der Waals surface area contributed by atoms with E-state index in [4.69, 9.17) is 4.74 Å². The average Bonchev–Trinajstić information content (AvgIpc) is 2.70. The molecule has 1 aliphatic rings. The fourth-order valence-corrected chi connectivity index (χ4v) is 3.26. The number of rotatable bonds is 13. The van der Waals surface area contributed by atoms with Crippen molar-refractivity contribution < 1.29 is 14.9 Å². The van der Waals surface area contributed by atoms with Crippen molar-refractivity contribution in [2.45, 2.75) is 32.1 Å². The van der Waals surface area contributed by atoms with Gasteiger partial charge in [0.1, 0.15) is 0 Å². The molecule has 4 nitrogen and oxygen atoms in total. The van der Waals surface area contributed by atoms with Crippen LogP contribution < -0.4 is 5.32 Å². The van der Waals surface area contributed by atoms with Crippen LogP contribution in [0.15, 0.2) is 54.1 Å². The smallest absolute Gasteiger partial charge is 0.0645 e. The highest BCUT2D eigenvalue weighted by Crippen LogP contribution is 2.30. The number of ether oxygens (including phenoxy) is 1. The number of halogens is 1. The van der Waals surface area contributed by atoms with Crippen molar-refractivity contribution >= 4 is 12.4 Å². The Morgan fingerprint density at radius 2 is 1.85 bits per heavy atom. The first kappa shape index (κ1) is 23.9. The van der Waals surface area contributed by atoms with Crippen LogP contribution in [0.25, 0.3) is 0 Å². The molecule has 1 aliphatic carbocycles. The Bertz CT molecular complexity index is 562. The molecule has 0 heterocycles. The van der Waals surface area contributed by atoms with E-state index >= 15 is 0 Å². The van der Waals surface area contributed by atoms with Gasteiger partial charge in [-0.25, -0.2) is 0 Å². The van der Waals surface area contributed by atoms with Crippen LogP contribution in [0.1, 0.15) is 31.2 Å². The minimum absolute atomic E-state index is 0. The molecule has 0 saturated heterocycles. The summed E-state index contributed by atoms with van der Waals surface area (Å²) in [5, 5.41) is 22.5. The Morgan fingerprint density at radius 3 is 2.59 bits per heavy atom. The third-order valence-corrected chi connectivity index (χ3v) is 4.88. The summed E-state index contributed by atoms with van der Waals surface area (Å²) >= 11 is 0. The fourth-order valence-electron chi connectivity index (χ4n) is 3.26. The number of hydrogen-bond donors (Lipinski definition) is 3. The fraction of sp³-hybridized carbons (Fsp3) is 0.545. The molecular weight excluding hydrogens is 362 g/mol. The largest absolute Gasteiger partial charge is 0.395 e. The van der Waals surface area contributed by atoms with E-state index < -0.39 is 0 Å². The van der Waals surface area contributed by atoms with Crippen molar-refractivity contribution in [1.82, 2.24) is 5.32 Å². The van der Waals surface area contributed by atoms with Crippen molar-refractivity contribution in [2.24, 2.45) is 5.41 Å². The summed E-state index contributed by atoms with van der Waals surface area (Å²) in [6, 6.07) is 10.4. The molecule has 0 saturated carbocycles. The highest BCUT2D eigenvalue weighted by Gasteiger charge is 2.28. The third-order valence-electron chi connectivity index (χ3n) is 4.88. The molecule has 1 aromatic carbocycles. The van der Waals surface area contributed by atoms with Gasteiger partial charge in [0.05, 0.1) is 19.8 Å². The van der Waals surface area contributed by atoms with Gasteiger partial charge in [-0.3, -0.25) is 0 Å². The Balaban J connectivity index is 0.00000364. The maximum atomic E-state index is 9.74. The van der Waals surface area contributed by atoms with E-state index in [2.05, 4.69) is 35.7 Å². The van der Waals surface area contributed by atoms with E-state index in [0.717, 1.165) is 64.0 Å². The quantitative estimate of drug-likeness (QED) is 0.448. The van der Waals surface area contributed by atoms with Gasteiger partial charge in [-0.1, -0.05) is 48.6 Å². The minimum Gasteiger partial charge on any atom is -0.395 e. The molecule has 152 valence electrons. The summed E-state index contributed by atoms with van der Waals surface area (Å²) < 4.78 is 5.70. The molecule has 1 atom stereocenters. The van der Waals surface area contributed by atoms with Crippen molar-refractivity contribution in [3.63, 3.8) is 0 Å². The summed E-state index contributed by atoms with van der Waals surface area (Å²) in [6.45, 7) is 3.46. The molecule has 0 aromatic heterocycles. The van der Waals surface area contributed by atoms with Gasteiger partial charge in [0.2, 0.25) is 0 Å². The zero-order valence-electron chi connectivity index (χ0n) is 16.1. The van der Waals surface area contributed by atoms with E-state index in [9.17, 15) is 10.2 Å². The van der Waals surface area contributed by atoms with Gasteiger partial charge in [0.15, 0.2) is 0 Å². The Kier molecular flexibility index (Phi) is 12.3. The first-order valence-electron chi connectivity index (χ1n) is 9.69. The molecule has 0 aliphatic heterocycles. The van der Waals surface area contributed by atoms with Crippen LogP contribution in [-0.4, -0.2) is 49.7 Å². The van der Waals surface area contributed by atoms with Crippen LogP contribution in [0.3, 0.4) is 0 Å². The van der Waals surface area contributed by atoms with Gasteiger partial charge in [-0.05, 0) is 49.8 Å². The van der Waals surface area contributed by atoms with Gasteiger partial charge in [-0.2, -0.15) is 0 Å². The number of aliphatic hydroxyl groups is 2. The third kappa shape index (κ3) is 9.04. The summed E-state index contributed by atoms with van der Waals surface area (Å²) in [7, 11) is 0. The molecule has 0 spiro atoms. The van der Waals surface area contributed by atoms with Crippen molar-refractivity contribution in [1.29, 1.82) is 0 Å². The second kappa shape index (κ2) is 13.9. The van der Waals surface area contributed by atoms with E-state index in [-0.39, 0.29) is 31.0 Å². The molecule has 0 bridgehead atoms. The molecule has 2 rings (SSSR count). The molecule has 0 fully saturated rings. The molecule has 3 N–H and O–H groups in total. The lowest BCUT2D eigenvalue weighted by Crippen LogP contribution is -2.37. The molecular formula is C22H34ClNO3. The van der Waals surface area contributed by atoms with Gasteiger partial charge >= 0.3 is 0 Å². The second-order valence-electron chi connectivity index (χ2n) is 7.12. The Hall–Kier alpha value is -1.17. The topological polar surface area (TPSA) is 61.7 Å². The van der Waals surface area contributed by atoms with E-state index in [1.165, 1.54) is 5.56 Å². The van der Waals surface area contributed by atoms with Crippen LogP contribution in [0.2, 0.25) is 0 Å². The maximum absolute atomic E-state index is 9.74. The summed E-state index contributed by atoms with van der Waals surface area (Å²) in [6.07, 6.45) is 11.0. The highest BCUT2D eigenvalue weighted by atomic mass is 35.5. The molecule has 27 heavy (non-hydrogen) atoms. The van der Waals surface area contributed by atoms with Crippen molar-refractivity contribution in [2.75, 3.05) is 39.5 Å². The monoisotopic (exact) mass is 395 g/mol. The van der Waals surface area contributed by atoms with Crippen LogP contribution in [-0.2, 0) is 11.2 Å². The first-order chi connectivity index (χ1) is 12.8. The van der Waals surface area contributed by atoms with Crippen LogP contribution in [0.4, 0.5) is 0 Å². The lowest BCUT2D eigenvalue weighted by Gasteiger charge is -2.32. The number of aliphatic hydroxyl groups excluding tert-OH is 2. The van der Waals surface area contributed by atoms with E-state index in [1.807, 2.05) is 18.2 Å². The lowest BCUT2D eigenvalue weighted by molar-refractivity contribution is 0.132. The molecule has 0 amide bonds. The van der Waals surface area contributed by atoms with E-state index in [1.54, 1.807) is 0 Å². The number of benzene rings is 1. The van der Waals surface area contributed by atoms with Gasteiger partial charge in [0, 0.05) is 18.6 Å². The first-order valence-corrected chi connectivity index (χ1v) is 9.69. The van der Waals surface area contributed by atoms with Gasteiger partial charge in [0.25, 0.3) is 0 Å². The maximum Gasteiger partial charge on any atom is 0.0645 e. The second-order valence-corrected chi connectivity index (χ2v) is 7.12. The minimum atomic E-state index is -0.270. The number of unbranched alkanes of at least 4 members (excludes halogenated alkanes) is 2. The van der Waals surface area contributed by atoms with Crippen LogP contribution in [0, 0.1) is 5.41 Å². The van der Waals surface area contributed by atoms with Crippen LogP contribution >= 0.6 is 12.4 Å². The number of hydrogen-bond acceptors (Lipinski definition) is 4. The summed E-state index contributed by atoms with van der Waals surface area (Å²) in [4.78, 5) is 0. The van der Waals surface area contributed by atoms with Gasteiger partial charge in [-0.15, -0.1) is 12.4 Å². The zero-order valence-corrected chi connectivity index (χ0v) is 16.9. The van der Waals surface area contributed by atoms with Gasteiger partial charge < -0.3 is 20.3 Å². The number of nitrogens with one attached hydrogen (secondary N) is 1. The summed E-state index contributed by atoms with van der Waals surface area (Å²) in [5.74, 6) is 0. The average molecular weight is 396 g/mol. The predicted octanol–water partition coefficient (Wildman–Crippen LogP) is 3.28. The predicted molar refractivity (Wildman–Crippen MR) is 113 cm³/mol.